The molecule has 1 rings (SSSR count). The number of benzene rings is 1. The Balaban J connectivity index is 3.32. The average molecular weight is 301 g/mol. The van der Waals surface area contributed by atoms with Crippen LogP contribution in [0.2, 0.25) is 16.6 Å². The summed E-state index contributed by atoms with van der Waals surface area (Å²) in [5.41, 5.74) is 2.30. The predicted molar refractivity (Wildman–Crippen MR) is 90.9 cm³/mol. The molecular formula is C15H26ClPSi. The smallest absolute Gasteiger partial charge is 0.0942 e. The summed E-state index contributed by atoms with van der Waals surface area (Å²) < 4.78 is 0. The highest BCUT2D eigenvalue weighted by atomic mass is 35.7. The lowest BCUT2D eigenvalue weighted by Crippen LogP contribution is -2.55. The number of rotatable bonds is 5. The Morgan fingerprint density at radius 1 is 0.833 bits per heavy atom. The fourth-order valence-electron chi connectivity index (χ4n) is 3.82. The zero-order valence-electron chi connectivity index (χ0n) is 12.4. The van der Waals surface area contributed by atoms with Gasteiger partial charge in [-0.2, -0.15) is 0 Å². The van der Waals surface area contributed by atoms with Gasteiger partial charge in [0.1, 0.15) is 0 Å². The van der Waals surface area contributed by atoms with Gasteiger partial charge < -0.3 is 0 Å². The normalized spacial score (nSPS) is 13.4. The third kappa shape index (κ3) is 2.84. The van der Waals surface area contributed by atoms with Gasteiger partial charge in [0.25, 0.3) is 0 Å². The molecule has 0 aromatic heterocycles. The first-order valence-electron chi connectivity index (χ1n) is 6.84. The molecule has 0 N–H and O–H groups in total. The van der Waals surface area contributed by atoms with Gasteiger partial charge in [-0.3, -0.25) is 0 Å². The maximum atomic E-state index is 5.92. The number of hydrogen-bond donors (Lipinski definition) is 0. The first-order valence-corrected chi connectivity index (χ1v) is 11.1. The lowest BCUT2D eigenvalue weighted by molar-refractivity contribution is 0.835. The van der Waals surface area contributed by atoms with Crippen molar-refractivity contribution in [2.24, 2.45) is 0 Å². The fourth-order valence-corrected chi connectivity index (χ4v) is 11.2. The van der Waals surface area contributed by atoms with E-state index in [0.29, 0.717) is 7.93 Å². The molecular weight excluding hydrogens is 275 g/mol. The molecule has 1 unspecified atom stereocenters. The van der Waals surface area contributed by atoms with Crippen molar-refractivity contribution in [2.75, 3.05) is 0 Å². The van der Waals surface area contributed by atoms with Gasteiger partial charge in [-0.25, -0.2) is 0 Å². The second-order valence-electron chi connectivity index (χ2n) is 6.07. The Morgan fingerprint density at radius 3 is 1.50 bits per heavy atom. The maximum Gasteiger partial charge on any atom is 0.0942 e. The highest BCUT2D eigenvalue weighted by molar-refractivity contribution is 7.74. The van der Waals surface area contributed by atoms with Gasteiger partial charge in [0.2, 0.25) is 0 Å². The Labute approximate surface area is 120 Å². The Hall–Kier alpha value is 0.157. The standard InChI is InChI=1S/C15H26ClPSi/c1-11(2)18(12(3)4,13(5)6)15-9-7-14(17-16)8-10-15/h7-13,17H,1-6H3. The average Bonchev–Trinajstić information content (AvgIpc) is 2.29. The van der Waals surface area contributed by atoms with Crippen LogP contribution in [0, 0.1) is 0 Å². The van der Waals surface area contributed by atoms with E-state index in [4.69, 9.17) is 11.2 Å². The molecule has 0 aliphatic carbocycles. The third-order valence-electron chi connectivity index (χ3n) is 4.36. The first kappa shape index (κ1) is 16.2. The van der Waals surface area contributed by atoms with E-state index >= 15 is 0 Å². The third-order valence-corrected chi connectivity index (χ3v) is 12.6. The van der Waals surface area contributed by atoms with Gasteiger partial charge in [-0.1, -0.05) is 82.2 Å². The van der Waals surface area contributed by atoms with Crippen molar-refractivity contribution in [3.05, 3.63) is 24.3 Å². The molecule has 0 fully saturated rings. The minimum Gasteiger partial charge on any atom is -0.0948 e. The summed E-state index contributed by atoms with van der Waals surface area (Å²) in [7, 11) is -1.10. The summed E-state index contributed by atoms with van der Waals surface area (Å²) in [6.45, 7) is 14.4. The molecule has 0 saturated carbocycles. The van der Waals surface area contributed by atoms with Crippen molar-refractivity contribution in [3.63, 3.8) is 0 Å². The van der Waals surface area contributed by atoms with Crippen molar-refractivity contribution in [2.45, 2.75) is 58.2 Å². The highest BCUT2D eigenvalue weighted by Crippen LogP contribution is 2.40. The van der Waals surface area contributed by atoms with Crippen molar-refractivity contribution < 1.29 is 0 Å². The van der Waals surface area contributed by atoms with Gasteiger partial charge in [-0.15, -0.1) is 0 Å². The minimum atomic E-state index is -1.48. The van der Waals surface area contributed by atoms with E-state index < -0.39 is 8.07 Å². The van der Waals surface area contributed by atoms with Crippen LogP contribution >= 0.6 is 19.2 Å². The molecule has 0 nitrogen and oxygen atoms in total. The van der Waals surface area contributed by atoms with Crippen LogP contribution in [0.3, 0.4) is 0 Å². The van der Waals surface area contributed by atoms with E-state index in [1.165, 1.54) is 5.30 Å². The molecule has 0 heterocycles. The summed E-state index contributed by atoms with van der Waals surface area (Å²) in [5, 5.41) is 2.85. The molecule has 1 aromatic rings. The zero-order chi connectivity index (χ0) is 13.9. The quantitative estimate of drug-likeness (QED) is 0.528. The van der Waals surface area contributed by atoms with Gasteiger partial charge in [0.05, 0.1) is 8.07 Å². The predicted octanol–water partition coefficient (Wildman–Crippen LogP) is 5.03. The van der Waals surface area contributed by atoms with Crippen LogP contribution in [0.1, 0.15) is 41.5 Å². The number of halogens is 1. The van der Waals surface area contributed by atoms with Gasteiger partial charge in [0.15, 0.2) is 0 Å². The zero-order valence-corrected chi connectivity index (χ0v) is 15.2. The lowest BCUT2D eigenvalue weighted by Gasteiger charge is -2.43. The molecule has 0 aliphatic rings. The number of hydrogen-bond acceptors (Lipinski definition) is 0. The fraction of sp³-hybridized carbons (Fsp3) is 0.600. The summed E-state index contributed by atoms with van der Waals surface area (Å²) >= 11 is 5.92. The van der Waals surface area contributed by atoms with Crippen molar-refractivity contribution in [1.82, 2.24) is 0 Å². The van der Waals surface area contributed by atoms with Crippen LogP contribution < -0.4 is 10.5 Å². The summed E-state index contributed by atoms with van der Waals surface area (Å²) in [5.74, 6) is 0. The Morgan fingerprint density at radius 2 is 1.22 bits per heavy atom. The molecule has 0 spiro atoms. The largest absolute Gasteiger partial charge is 0.0948 e. The topological polar surface area (TPSA) is 0 Å². The molecule has 102 valence electrons. The molecule has 0 saturated heterocycles. The van der Waals surface area contributed by atoms with Gasteiger partial charge in [0, 0.05) is 7.93 Å². The summed E-state index contributed by atoms with van der Waals surface area (Å²) in [4.78, 5) is 0. The maximum absolute atomic E-state index is 5.92. The molecule has 0 amide bonds. The molecule has 0 bridgehead atoms. The van der Waals surface area contributed by atoms with Crippen LogP contribution in [0.15, 0.2) is 24.3 Å². The second-order valence-corrected chi connectivity index (χ2v) is 13.3. The first-order chi connectivity index (χ1) is 8.37. The van der Waals surface area contributed by atoms with Crippen LogP contribution in [0.5, 0.6) is 0 Å². The van der Waals surface area contributed by atoms with E-state index in [9.17, 15) is 0 Å². The van der Waals surface area contributed by atoms with E-state index in [-0.39, 0.29) is 0 Å². The summed E-state index contributed by atoms with van der Waals surface area (Å²) in [6.07, 6.45) is 0. The highest BCUT2D eigenvalue weighted by Gasteiger charge is 2.43. The van der Waals surface area contributed by atoms with E-state index in [1.807, 2.05) is 0 Å². The Kier molecular flexibility index (Phi) is 5.90. The second kappa shape index (κ2) is 6.55. The van der Waals surface area contributed by atoms with Crippen LogP contribution in [-0.2, 0) is 0 Å². The molecule has 1 atom stereocenters. The lowest BCUT2D eigenvalue weighted by atomic mass is 10.4. The van der Waals surface area contributed by atoms with Crippen LogP contribution in [0.25, 0.3) is 0 Å². The van der Waals surface area contributed by atoms with Crippen molar-refractivity contribution in [1.29, 1.82) is 0 Å². The van der Waals surface area contributed by atoms with E-state index in [0.717, 1.165) is 16.6 Å². The molecule has 18 heavy (non-hydrogen) atoms. The van der Waals surface area contributed by atoms with Gasteiger partial charge >= 0.3 is 0 Å². The molecule has 1 aromatic carbocycles. The monoisotopic (exact) mass is 300 g/mol. The summed E-state index contributed by atoms with van der Waals surface area (Å²) in [6, 6.07) is 9.12. The SMILES string of the molecule is CC(C)[Si](c1ccc(PCl)cc1)(C(C)C)C(C)C. The minimum absolute atomic E-state index is 0.381. The van der Waals surface area contributed by atoms with Crippen LogP contribution in [-0.4, -0.2) is 8.07 Å². The van der Waals surface area contributed by atoms with Crippen molar-refractivity contribution >= 4 is 37.7 Å². The molecule has 0 radical (unpaired) electrons. The van der Waals surface area contributed by atoms with Gasteiger partial charge in [-0.05, 0) is 21.9 Å². The van der Waals surface area contributed by atoms with E-state index in [1.54, 1.807) is 5.19 Å². The molecule has 0 aliphatic heterocycles. The Bertz CT molecular complexity index is 349. The van der Waals surface area contributed by atoms with Crippen molar-refractivity contribution in [3.8, 4) is 0 Å². The van der Waals surface area contributed by atoms with E-state index in [2.05, 4.69) is 65.8 Å². The molecule has 3 heteroatoms. The van der Waals surface area contributed by atoms with Crippen LogP contribution in [0.4, 0.5) is 0 Å².